The summed E-state index contributed by atoms with van der Waals surface area (Å²) in [6.45, 7) is 4.65. The van der Waals surface area contributed by atoms with E-state index in [0.717, 1.165) is 6.92 Å². The topological polar surface area (TPSA) is 142 Å². The summed E-state index contributed by atoms with van der Waals surface area (Å²) < 4.78 is 9.79. The van der Waals surface area contributed by atoms with E-state index in [-0.39, 0.29) is 5.56 Å². The lowest BCUT2D eigenvalue weighted by Gasteiger charge is -2.43. The first-order chi connectivity index (χ1) is 14.0. The predicted molar refractivity (Wildman–Crippen MR) is 108 cm³/mol. The Morgan fingerprint density at radius 2 is 1.63 bits per heavy atom. The van der Waals surface area contributed by atoms with Gasteiger partial charge in [-0.1, -0.05) is 6.07 Å². The Kier molecular flexibility index (Phi) is 6.86. The molecule has 2 aliphatic rings. The van der Waals surface area contributed by atoms with Gasteiger partial charge in [0.15, 0.2) is 0 Å². The van der Waals surface area contributed by atoms with E-state index in [0.29, 0.717) is 11.5 Å². The van der Waals surface area contributed by atoms with Gasteiger partial charge in [-0.05, 0) is 26.0 Å². The molecule has 3 atom stereocenters. The van der Waals surface area contributed by atoms with Gasteiger partial charge in [-0.15, -0.1) is 11.8 Å². The maximum absolute atomic E-state index is 12.8. The summed E-state index contributed by atoms with van der Waals surface area (Å²) in [7, 11) is 2.88. The Morgan fingerprint density at radius 1 is 1.13 bits per heavy atom. The summed E-state index contributed by atoms with van der Waals surface area (Å²) in [5.41, 5.74) is 0.195. The quantitative estimate of drug-likeness (QED) is 0.572. The number of carboxylic acids is 2. The molecule has 164 valence electrons. The third-order valence-corrected chi connectivity index (χ3v) is 6.19. The van der Waals surface area contributed by atoms with E-state index in [1.807, 2.05) is 0 Å². The molecule has 2 aliphatic heterocycles. The summed E-state index contributed by atoms with van der Waals surface area (Å²) in [5, 5.41) is 19.1. The highest BCUT2D eigenvalue weighted by Gasteiger charge is 2.64. The van der Waals surface area contributed by atoms with Crippen molar-refractivity contribution in [3.8, 4) is 11.5 Å². The Labute approximate surface area is 177 Å². The average molecular weight is 440 g/mol. The molecule has 2 saturated heterocycles. The first-order valence-corrected chi connectivity index (χ1v) is 9.78. The highest BCUT2D eigenvalue weighted by molar-refractivity contribution is 8.01. The van der Waals surface area contributed by atoms with Gasteiger partial charge in [0.25, 0.3) is 11.9 Å². The minimum absolute atomic E-state index is 0.195. The van der Waals surface area contributed by atoms with Crippen molar-refractivity contribution in [1.82, 2.24) is 10.2 Å². The molecule has 0 bridgehead atoms. The predicted octanol–water partition coefficient (Wildman–Crippen LogP) is 1.04. The highest BCUT2D eigenvalue weighted by Crippen LogP contribution is 2.50. The minimum atomic E-state index is -1.05. The Bertz CT molecular complexity index is 846. The van der Waals surface area contributed by atoms with Crippen LogP contribution < -0.4 is 14.8 Å². The molecule has 0 unspecified atom stereocenters. The van der Waals surface area contributed by atoms with Crippen LogP contribution in [0.5, 0.6) is 11.5 Å². The molecular weight excluding hydrogens is 416 g/mol. The molecule has 0 aromatic heterocycles. The zero-order valence-electron chi connectivity index (χ0n) is 17.2. The number of hydrogen-bond donors (Lipinski definition) is 3. The fraction of sp³-hybridized carbons (Fsp3) is 0.474. The fourth-order valence-corrected chi connectivity index (χ4v) is 5.06. The lowest BCUT2D eigenvalue weighted by molar-refractivity contribution is -0.159. The van der Waals surface area contributed by atoms with E-state index in [1.165, 1.54) is 30.9 Å². The van der Waals surface area contributed by atoms with Gasteiger partial charge in [0, 0.05) is 11.7 Å². The summed E-state index contributed by atoms with van der Waals surface area (Å²) in [4.78, 5) is 47.1. The molecule has 10 nitrogen and oxygen atoms in total. The van der Waals surface area contributed by atoms with Crippen LogP contribution in [0.15, 0.2) is 18.2 Å². The molecule has 11 heteroatoms. The van der Waals surface area contributed by atoms with Crippen molar-refractivity contribution in [2.75, 3.05) is 14.2 Å². The number of β-lactam (4-membered cyclic amide) rings is 1. The number of methoxy groups -OCH3 is 2. The molecule has 2 fully saturated rings. The Hall–Kier alpha value is -2.95. The van der Waals surface area contributed by atoms with Crippen molar-refractivity contribution in [3.63, 3.8) is 0 Å². The molecule has 0 radical (unpaired) electrons. The number of fused-ring (bicyclic) bond motifs is 1. The number of carbonyl (C=O) groups excluding carboxylic acids is 2. The van der Waals surface area contributed by atoms with E-state index >= 15 is 0 Å². The first-order valence-electron chi connectivity index (χ1n) is 8.90. The second-order valence-electron chi connectivity index (χ2n) is 7.11. The van der Waals surface area contributed by atoms with Crippen molar-refractivity contribution in [3.05, 3.63) is 23.8 Å². The van der Waals surface area contributed by atoms with Crippen LogP contribution in [-0.4, -0.2) is 75.3 Å². The van der Waals surface area contributed by atoms with Gasteiger partial charge in [-0.25, -0.2) is 4.79 Å². The number of nitrogens with zero attached hydrogens (tertiary/aromatic N) is 1. The number of hydrogen-bond acceptors (Lipinski definition) is 7. The highest BCUT2D eigenvalue weighted by atomic mass is 32.2. The molecule has 2 amide bonds. The fourth-order valence-electron chi connectivity index (χ4n) is 3.43. The maximum Gasteiger partial charge on any atom is 0.327 e. The van der Waals surface area contributed by atoms with E-state index in [4.69, 9.17) is 19.4 Å². The number of carbonyl (C=O) groups is 4. The van der Waals surface area contributed by atoms with Gasteiger partial charge in [0.1, 0.15) is 34.5 Å². The summed E-state index contributed by atoms with van der Waals surface area (Å²) in [6, 6.07) is 3.24. The smallest absolute Gasteiger partial charge is 0.327 e. The van der Waals surface area contributed by atoms with Crippen LogP contribution in [0.25, 0.3) is 0 Å². The number of carboxylic acid groups (broad SMARTS) is 2. The molecule has 1 aromatic carbocycles. The second-order valence-corrected chi connectivity index (χ2v) is 8.88. The summed E-state index contributed by atoms with van der Waals surface area (Å²) >= 11 is 1.37. The van der Waals surface area contributed by atoms with E-state index < -0.39 is 46.0 Å². The van der Waals surface area contributed by atoms with Crippen LogP contribution in [0, 0.1) is 0 Å². The standard InChI is InChI=1S/C17H20N2O6S.C2H4O2/c1-17(2)12(16(22)23)19-14(21)11(15(19)26-17)18-13(20)10-8(24-3)6-5-7-9(10)25-4;1-2(3)4/h5-7,11-12,15H,1-4H3,(H,18,20)(H,22,23);1H3,(H,3,4)/t11-,12+,15-;/m1./s1. The summed E-state index contributed by atoms with van der Waals surface area (Å²) in [6.07, 6.45) is 0. The zero-order valence-corrected chi connectivity index (χ0v) is 18.0. The number of nitrogens with one attached hydrogen (secondary N) is 1. The third kappa shape index (κ3) is 4.30. The lowest BCUT2D eigenvalue weighted by Crippen LogP contribution is -2.70. The lowest BCUT2D eigenvalue weighted by atomic mass is 9.96. The monoisotopic (exact) mass is 440 g/mol. The van der Waals surface area contributed by atoms with Crippen LogP contribution in [0.1, 0.15) is 31.1 Å². The number of rotatable bonds is 5. The minimum Gasteiger partial charge on any atom is -0.496 e. The van der Waals surface area contributed by atoms with Gasteiger partial charge < -0.3 is 29.9 Å². The van der Waals surface area contributed by atoms with Crippen molar-refractivity contribution < 1.29 is 38.9 Å². The Morgan fingerprint density at radius 3 is 2.07 bits per heavy atom. The Balaban J connectivity index is 0.000000735. The van der Waals surface area contributed by atoms with Gasteiger partial charge in [-0.3, -0.25) is 14.4 Å². The number of aliphatic carboxylic acids is 2. The molecule has 3 rings (SSSR count). The number of thioether (sulfide) groups is 1. The van der Waals surface area contributed by atoms with Crippen LogP contribution in [0.2, 0.25) is 0 Å². The van der Waals surface area contributed by atoms with Crippen LogP contribution in [-0.2, 0) is 14.4 Å². The molecule has 1 aromatic rings. The zero-order chi connectivity index (χ0) is 22.8. The number of ether oxygens (including phenoxy) is 2. The van der Waals surface area contributed by atoms with Gasteiger partial charge in [-0.2, -0.15) is 0 Å². The van der Waals surface area contributed by atoms with Gasteiger partial charge in [0.05, 0.1) is 14.2 Å². The largest absolute Gasteiger partial charge is 0.496 e. The molecular formula is C19H24N2O8S. The SMILES string of the molecule is CC(=O)O.COc1cccc(OC)c1C(=O)N[C@@H]1C(=O)N2[C@@H]1SC(C)(C)[C@@H]2C(=O)O. The number of amides is 2. The van der Waals surface area contributed by atoms with Crippen molar-refractivity contribution in [2.24, 2.45) is 0 Å². The van der Waals surface area contributed by atoms with Crippen molar-refractivity contribution in [1.29, 1.82) is 0 Å². The second kappa shape index (κ2) is 8.82. The summed E-state index contributed by atoms with van der Waals surface area (Å²) in [5.74, 6) is -2.13. The van der Waals surface area contributed by atoms with Crippen LogP contribution in [0.3, 0.4) is 0 Å². The normalized spacial score (nSPS) is 23.3. The van der Waals surface area contributed by atoms with E-state index in [1.54, 1.807) is 32.0 Å². The van der Waals surface area contributed by atoms with Gasteiger partial charge in [0.2, 0.25) is 5.91 Å². The molecule has 30 heavy (non-hydrogen) atoms. The molecule has 2 heterocycles. The van der Waals surface area contributed by atoms with Crippen LogP contribution >= 0.6 is 11.8 Å². The van der Waals surface area contributed by atoms with Crippen molar-refractivity contribution >= 4 is 35.5 Å². The molecule has 0 saturated carbocycles. The molecule has 0 aliphatic carbocycles. The molecule has 0 spiro atoms. The average Bonchev–Trinajstić information content (AvgIpc) is 2.92. The van der Waals surface area contributed by atoms with E-state index in [2.05, 4.69) is 5.32 Å². The number of benzene rings is 1. The van der Waals surface area contributed by atoms with Crippen LogP contribution in [0.4, 0.5) is 0 Å². The molecule has 3 N–H and O–H groups in total. The van der Waals surface area contributed by atoms with E-state index in [9.17, 15) is 19.5 Å². The van der Waals surface area contributed by atoms with Gasteiger partial charge >= 0.3 is 5.97 Å². The first kappa shape index (κ1) is 23.3. The maximum atomic E-state index is 12.8. The third-order valence-electron chi connectivity index (χ3n) is 4.62. The van der Waals surface area contributed by atoms with Crippen molar-refractivity contribution in [2.45, 2.75) is 43.0 Å².